The van der Waals surface area contributed by atoms with E-state index in [4.69, 9.17) is 10.1 Å². The van der Waals surface area contributed by atoms with E-state index in [0.717, 1.165) is 4.68 Å². The van der Waals surface area contributed by atoms with Crippen LogP contribution < -0.4 is 9.64 Å². The second kappa shape index (κ2) is 8.85. The topological polar surface area (TPSA) is 74.5 Å². The zero-order valence-electron chi connectivity index (χ0n) is 19.0. The van der Waals surface area contributed by atoms with Crippen molar-refractivity contribution in [1.29, 1.82) is 5.41 Å². The quantitative estimate of drug-likeness (QED) is 0.443. The van der Waals surface area contributed by atoms with Gasteiger partial charge in [-0.15, -0.1) is 0 Å². The molecule has 0 aliphatic carbocycles. The molecule has 0 fully saturated rings. The molecule has 2 heterocycles. The van der Waals surface area contributed by atoms with Gasteiger partial charge in [-0.25, -0.2) is 4.68 Å². The van der Waals surface area contributed by atoms with Crippen molar-refractivity contribution in [2.24, 2.45) is 0 Å². The Hall–Kier alpha value is -3.82. The highest BCUT2D eigenvalue weighted by Gasteiger charge is 2.43. The molecule has 10 heteroatoms. The molecule has 3 aromatic rings. The molecule has 178 valence electrons. The van der Waals surface area contributed by atoms with E-state index in [9.17, 15) is 18.0 Å². The van der Waals surface area contributed by atoms with Gasteiger partial charge < -0.3 is 14.5 Å². The maximum atomic E-state index is 13.7. The number of aromatic nitrogens is 2. The lowest BCUT2D eigenvalue weighted by Crippen LogP contribution is -2.39. The zero-order chi connectivity index (χ0) is 24.6. The molecule has 1 amide bonds. The number of carbonyl (C=O) groups excluding carboxylic acids is 1. The van der Waals surface area contributed by atoms with E-state index in [0.29, 0.717) is 35.1 Å². The molecule has 0 spiro atoms. The van der Waals surface area contributed by atoms with E-state index in [-0.39, 0.29) is 24.2 Å². The average Bonchev–Trinajstić information content (AvgIpc) is 3.25. The van der Waals surface area contributed by atoms with Crippen LogP contribution in [-0.4, -0.2) is 53.7 Å². The van der Waals surface area contributed by atoms with Gasteiger partial charge in [0.2, 0.25) is 0 Å². The molecule has 0 radical (unpaired) electrons. The van der Waals surface area contributed by atoms with Gasteiger partial charge in [-0.05, 0) is 61.9 Å². The second-order valence-corrected chi connectivity index (χ2v) is 7.90. The lowest BCUT2D eigenvalue weighted by molar-refractivity contribution is -0.141. The summed E-state index contributed by atoms with van der Waals surface area (Å²) in [6.45, 7) is 2.70. The van der Waals surface area contributed by atoms with Gasteiger partial charge in [-0.3, -0.25) is 10.2 Å². The van der Waals surface area contributed by atoms with Gasteiger partial charge in [-0.1, -0.05) is 0 Å². The van der Waals surface area contributed by atoms with Crippen LogP contribution in [0.15, 0.2) is 48.5 Å². The van der Waals surface area contributed by atoms with Crippen molar-refractivity contribution in [2.45, 2.75) is 19.5 Å². The van der Waals surface area contributed by atoms with Crippen molar-refractivity contribution in [3.63, 3.8) is 0 Å². The Morgan fingerprint density at radius 3 is 2.29 bits per heavy atom. The Kier molecular flexibility index (Phi) is 6.07. The van der Waals surface area contributed by atoms with E-state index in [2.05, 4.69) is 5.10 Å². The minimum atomic E-state index is -4.68. The Morgan fingerprint density at radius 1 is 1.12 bits per heavy atom. The number of anilines is 1. The van der Waals surface area contributed by atoms with E-state index in [1.165, 1.54) is 12.0 Å². The number of fused-ring (bicyclic) bond motifs is 1. The van der Waals surface area contributed by atoms with E-state index in [1.807, 2.05) is 14.0 Å². The number of hydrogen-bond acceptors (Lipinski definition) is 4. The standard InChI is InChI=1S/C24H24F3N5O2/c1-4-30(2)22(28)15-5-7-16(8-6-15)31-14-13-19-20(23(31)33)32(29-21(19)24(25,26)27)17-9-11-18(34-3)12-10-17/h5-12,28H,4,13-14H2,1-3H3. The summed E-state index contributed by atoms with van der Waals surface area (Å²) < 4.78 is 47.4. The predicted octanol–water partition coefficient (Wildman–Crippen LogP) is 4.38. The van der Waals surface area contributed by atoms with Crippen LogP contribution in [0.25, 0.3) is 5.69 Å². The van der Waals surface area contributed by atoms with Crippen LogP contribution in [0.2, 0.25) is 0 Å². The first-order chi connectivity index (χ1) is 16.2. The number of benzene rings is 2. The van der Waals surface area contributed by atoms with Crippen LogP contribution in [-0.2, 0) is 12.6 Å². The summed E-state index contributed by atoms with van der Waals surface area (Å²) in [5.74, 6) is 0.315. The van der Waals surface area contributed by atoms with Crippen molar-refractivity contribution in [1.82, 2.24) is 14.7 Å². The van der Waals surface area contributed by atoms with Crippen molar-refractivity contribution in [3.05, 3.63) is 71.0 Å². The summed E-state index contributed by atoms with van der Waals surface area (Å²) in [7, 11) is 3.30. The summed E-state index contributed by atoms with van der Waals surface area (Å²) in [5, 5.41) is 12.0. The van der Waals surface area contributed by atoms with E-state index < -0.39 is 17.8 Å². The van der Waals surface area contributed by atoms with Gasteiger partial charge in [0.1, 0.15) is 17.3 Å². The largest absolute Gasteiger partial charge is 0.497 e. The first kappa shape index (κ1) is 23.3. The van der Waals surface area contributed by atoms with Gasteiger partial charge in [0.15, 0.2) is 5.69 Å². The zero-order valence-corrected chi connectivity index (χ0v) is 19.0. The number of alkyl halides is 3. The molecule has 0 saturated heterocycles. The number of methoxy groups -OCH3 is 1. The number of amidine groups is 1. The molecule has 7 nitrogen and oxygen atoms in total. The minimum Gasteiger partial charge on any atom is -0.497 e. The number of nitrogens with one attached hydrogen (secondary N) is 1. The Morgan fingerprint density at radius 2 is 1.74 bits per heavy atom. The summed E-state index contributed by atoms with van der Waals surface area (Å²) in [6, 6.07) is 13.2. The molecular formula is C24H24F3N5O2. The van der Waals surface area contributed by atoms with Crippen LogP contribution in [0, 0.1) is 5.41 Å². The number of carbonyl (C=O) groups is 1. The summed E-state index contributed by atoms with van der Waals surface area (Å²) >= 11 is 0. The van der Waals surface area contributed by atoms with Crippen molar-refractivity contribution < 1.29 is 22.7 Å². The third-order valence-electron chi connectivity index (χ3n) is 5.91. The molecule has 2 aromatic carbocycles. The normalized spacial score (nSPS) is 13.6. The smallest absolute Gasteiger partial charge is 0.435 e. The Balaban J connectivity index is 1.74. The maximum Gasteiger partial charge on any atom is 0.435 e. The molecular weight excluding hydrogens is 447 g/mol. The average molecular weight is 471 g/mol. The van der Waals surface area contributed by atoms with Crippen LogP contribution in [0.1, 0.15) is 34.2 Å². The van der Waals surface area contributed by atoms with Crippen molar-refractivity contribution >= 4 is 17.4 Å². The highest BCUT2D eigenvalue weighted by atomic mass is 19.4. The fourth-order valence-electron chi connectivity index (χ4n) is 3.92. The molecule has 0 saturated carbocycles. The molecule has 0 bridgehead atoms. The van der Waals surface area contributed by atoms with Gasteiger partial charge >= 0.3 is 6.18 Å². The molecule has 4 rings (SSSR count). The predicted molar refractivity (Wildman–Crippen MR) is 122 cm³/mol. The number of ether oxygens (including phenoxy) is 1. The molecule has 34 heavy (non-hydrogen) atoms. The van der Waals surface area contributed by atoms with Crippen molar-refractivity contribution in [3.8, 4) is 11.4 Å². The fourth-order valence-corrected chi connectivity index (χ4v) is 3.92. The Labute approximate surface area is 194 Å². The number of rotatable bonds is 5. The summed E-state index contributed by atoms with van der Waals surface area (Å²) in [5.41, 5.74) is 0.300. The maximum absolute atomic E-state index is 13.7. The Bertz CT molecular complexity index is 1220. The SMILES string of the molecule is CCN(C)C(=N)c1ccc(N2CCc3c(C(F)(F)F)nn(-c4ccc(OC)cc4)c3C2=O)cc1. The monoisotopic (exact) mass is 471 g/mol. The number of amides is 1. The van der Waals surface area contributed by atoms with Gasteiger partial charge in [0.05, 0.1) is 12.8 Å². The molecule has 1 aliphatic heterocycles. The third-order valence-corrected chi connectivity index (χ3v) is 5.91. The van der Waals surface area contributed by atoms with Gasteiger partial charge in [0.25, 0.3) is 5.91 Å². The van der Waals surface area contributed by atoms with Gasteiger partial charge in [-0.2, -0.15) is 18.3 Å². The molecule has 1 aromatic heterocycles. The molecule has 1 aliphatic rings. The highest BCUT2D eigenvalue weighted by Crippen LogP contribution is 2.37. The van der Waals surface area contributed by atoms with Gasteiger partial charge in [0, 0.05) is 37.0 Å². The molecule has 0 atom stereocenters. The highest BCUT2D eigenvalue weighted by molar-refractivity contribution is 6.08. The third kappa shape index (κ3) is 4.11. The van der Waals surface area contributed by atoms with Crippen LogP contribution in [0.5, 0.6) is 5.75 Å². The summed E-state index contributed by atoms with van der Waals surface area (Å²) in [6.07, 6.45) is -4.67. The van der Waals surface area contributed by atoms with Crippen LogP contribution >= 0.6 is 0 Å². The van der Waals surface area contributed by atoms with E-state index in [1.54, 1.807) is 53.4 Å². The second-order valence-electron chi connectivity index (χ2n) is 7.90. The number of nitrogens with zero attached hydrogens (tertiary/aromatic N) is 4. The molecule has 0 unspecified atom stereocenters. The lowest BCUT2D eigenvalue weighted by Gasteiger charge is -2.28. The van der Waals surface area contributed by atoms with Crippen molar-refractivity contribution in [2.75, 3.05) is 32.1 Å². The fraction of sp³-hybridized carbons (Fsp3) is 0.292. The first-order valence-corrected chi connectivity index (χ1v) is 10.7. The number of hydrogen-bond donors (Lipinski definition) is 1. The van der Waals surface area contributed by atoms with E-state index >= 15 is 0 Å². The lowest BCUT2D eigenvalue weighted by atomic mass is 10.0. The molecule has 1 N–H and O–H groups in total. The minimum absolute atomic E-state index is 0.0161. The van der Waals surface area contributed by atoms with Crippen LogP contribution in [0.4, 0.5) is 18.9 Å². The van der Waals surface area contributed by atoms with Crippen LogP contribution in [0.3, 0.4) is 0 Å². The first-order valence-electron chi connectivity index (χ1n) is 10.7. The summed E-state index contributed by atoms with van der Waals surface area (Å²) in [4.78, 5) is 16.7. The number of halogens is 3.